The second-order valence-electron chi connectivity index (χ2n) is 12.3. The first-order chi connectivity index (χ1) is 22.2. The van der Waals surface area contributed by atoms with Crippen molar-refractivity contribution in [2.45, 2.75) is 49.8 Å². The Morgan fingerprint density at radius 2 is 1.83 bits per heavy atom. The summed E-state index contributed by atoms with van der Waals surface area (Å²) in [6.07, 6.45) is -1.04. The third-order valence-corrected chi connectivity index (χ3v) is 9.28. The summed E-state index contributed by atoms with van der Waals surface area (Å²) in [5.74, 6) is -1.75. The molecule has 0 bridgehead atoms. The molecule has 1 saturated carbocycles. The van der Waals surface area contributed by atoms with E-state index in [0.29, 0.717) is 30.2 Å². The fourth-order valence-corrected chi connectivity index (χ4v) is 6.44. The number of nitrogens with zero attached hydrogens (tertiary/aromatic N) is 2. The molecule has 2 amide bonds. The largest absolute Gasteiger partial charge is 0.494 e. The zero-order valence-electron chi connectivity index (χ0n) is 25.6. The summed E-state index contributed by atoms with van der Waals surface area (Å²) in [4.78, 5) is 34.9. The Kier molecular flexibility index (Phi) is 8.07. The second kappa shape index (κ2) is 11.8. The zero-order valence-corrected chi connectivity index (χ0v) is 25.6. The van der Waals surface area contributed by atoms with Crippen molar-refractivity contribution in [3.63, 3.8) is 0 Å². The highest BCUT2D eigenvalue weighted by atomic mass is 19.4. The Hall–Kier alpha value is -4.78. The predicted octanol–water partition coefficient (Wildman–Crippen LogP) is 5.41. The maximum atomic E-state index is 13.8. The Morgan fingerprint density at radius 1 is 1.13 bits per heavy atom. The minimum Gasteiger partial charge on any atom is -0.494 e. The number of benzene rings is 2. The maximum Gasteiger partial charge on any atom is 0.417 e. The SMILES string of the molecule is COc1cc(C(=O)NCC(O)(c2cc3c(c(-c4ccc(F)cc4)n2)OC[C@]3(C)C(N)=O)C2CCCC2)cc2cc(C(F)(F)F)cnc12. The fraction of sp³-hybridized carbons (Fsp3) is 0.353. The molecular weight excluding hydrogens is 620 g/mol. The van der Waals surface area contributed by atoms with Gasteiger partial charge in [-0.25, -0.2) is 9.37 Å². The number of aliphatic hydroxyl groups is 1. The molecule has 3 heterocycles. The molecule has 1 unspecified atom stereocenters. The minimum atomic E-state index is -4.64. The molecule has 9 nitrogen and oxygen atoms in total. The lowest BCUT2D eigenvalue weighted by atomic mass is 9.78. The van der Waals surface area contributed by atoms with Crippen LogP contribution in [0.4, 0.5) is 17.6 Å². The van der Waals surface area contributed by atoms with Gasteiger partial charge < -0.3 is 25.6 Å². The van der Waals surface area contributed by atoms with E-state index >= 15 is 0 Å². The summed E-state index contributed by atoms with van der Waals surface area (Å²) < 4.78 is 65.3. The number of methoxy groups -OCH3 is 1. The van der Waals surface area contributed by atoms with Gasteiger partial charge in [0.25, 0.3) is 5.91 Å². The quantitative estimate of drug-likeness (QED) is 0.217. The van der Waals surface area contributed by atoms with Crippen LogP contribution in [-0.2, 0) is 22.0 Å². The van der Waals surface area contributed by atoms with Gasteiger partial charge in [-0.1, -0.05) is 12.8 Å². The lowest BCUT2D eigenvalue weighted by Gasteiger charge is -2.35. The van der Waals surface area contributed by atoms with Crippen molar-refractivity contribution in [1.29, 1.82) is 0 Å². The summed E-state index contributed by atoms with van der Waals surface area (Å²) in [7, 11) is 1.32. The van der Waals surface area contributed by atoms with E-state index in [1.807, 2.05) is 0 Å². The van der Waals surface area contributed by atoms with Crippen LogP contribution >= 0.6 is 0 Å². The van der Waals surface area contributed by atoms with Crippen molar-refractivity contribution in [1.82, 2.24) is 15.3 Å². The summed E-state index contributed by atoms with van der Waals surface area (Å²) in [5.41, 5.74) is 3.29. The average molecular weight is 653 g/mol. The molecule has 4 aromatic rings. The molecule has 2 aromatic heterocycles. The lowest BCUT2D eigenvalue weighted by molar-refractivity contribution is -0.137. The number of hydrogen-bond acceptors (Lipinski definition) is 7. The molecular formula is C34H32F4N4O5. The highest BCUT2D eigenvalue weighted by molar-refractivity contribution is 6.00. The third-order valence-electron chi connectivity index (χ3n) is 9.28. The molecule has 13 heteroatoms. The Labute approximate surface area is 267 Å². The molecule has 1 fully saturated rings. The second-order valence-corrected chi connectivity index (χ2v) is 12.3. The number of nitrogens with two attached hydrogens (primary N) is 1. The van der Waals surface area contributed by atoms with E-state index in [2.05, 4.69) is 10.3 Å². The number of halogens is 4. The standard InChI is InChI=1S/C34H32F4N4O5/c1-32(31(39)44)17-47-29-24(32)14-26(42-28(29)18-7-9-23(35)10-8-18)33(45,21-5-3-4-6-21)16-41-30(43)20-11-19-12-22(34(36,37)38)15-40-27(19)25(13-20)46-2/h7-15,21,45H,3-6,16-17H2,1-2H3,(H2,39,44)(H,41,43)/t32-,33?/m0/s1. The monoisotopic (exact) mass is 652 g/mol. The first-order valence-corrected chi connectivity index (χ1v) is 15.0. The molecule has 2 aromatic carbocycles. The Bertz CT molecular complexity index is 1880. The molecule has 4 N–H and O–H groups in total. The van der Waals surface area contributed by atoms with Gasteiger partial charge in [-0.2, -0.15) is 13.2 Å². The van der Waals surface area contributed by atoms with Gasteiger partial charge in [0, 0.05) is 28.3 Å². The number of nitrogens with one attached hydrogen (secondary N) is 1. The molecule has 6 rings (SSSR count). The molecule has 0 radical (unpaired) electrons. The summed E-state index contributed by atoms with van der Waals surface area (Å²) in [6, 6.07) is 10.6. The fourth-order valence-electron chi connectivity index (χ4n) is 6.44. The number of aromatic nitrogens is 2. The van der Waals surface area contributed by atoms with E-state index in [9.17, 15) is 32.3 Å². The van der Waals surface area contributed by atoms with Crippen LogP contribution in [0.15, 0.2) is 54.7 Å². The highest BCUT2D eigenvalue weighted by Crippen LogP contribution is 2.48. The van der Waals surface area contributed by atoms with Crippen molar-refractivity contribution in [2.75, 3.05) is 20.3 Å². The first kappa shape index (κ1) is 32.2. The minimum absolute atomic E-state index is 0.00661. The van der Waals surface area contributed by atoms with Crippen LogP contribution in [0.2, 0.25) is 0 Å². The van der Waals surface area contributed by atoms with E-state index in [0.717, 1.165) is 18.9 Å². The Balaban J connectivity index is 1.41. The summed E-state index contributed by atoms with van der Waals surface area (Å²) in [6.45, 7) is 1.24. The molecule has 2 atom stereocenters. The number of fused-ring (bicyclic) bond motifs is 2. The molecule has 47 heavy (non-hydrogen) atoms. The van der Waals surface area contributed by atoms with Crippen molar-refractivity contribution in [3.05, 3.63) is 82.9 Å². The molecule has 1 aliphatic carbocycles. The van der Waals surface area contributed by atoms with Crippen LogP contribution in [0, 0.1) is 11.7 Å². The molecule has 0 spiro atoms. The van der Waals surface area contributed by atoms with Gasteiger partial charge >= 0.3 is 6.18 Å². The highest BCUT2D eigenvalue weighted by Gasteiger charge is 2.47. The third kappa shape index (κ3) is 5.73. The van der Waals surface area contributed by atoms with Crippen LogP contribution in [-0.4, -0.2) is 47.2 Å². The number of hydrogen-bond donors (Lipinski definition) is 3. The number of carbonyl (C=O) groups is 2. The molecule has 246 valence electrons. The number of amides is 2. The van der Waals surface area contributed by atoms with Gasteiger partial charge in [0.2, 0.25) is 5.91 Å². The first-order valence-electron chi connectivity index (χ1n) is 15.0. The number of carbonyl (C=O) groups excluding carboxylic acids is 2. The summed E-state index contributed by atoms with van der Waals surface area (Å²) >= 11 is 0. The predicted molar refractivity (Wildman–Crippen MR) is 163 cm³/mol. The maximum absolute atomic E-state index is 13.8. The van der Waals surface area contributed by atoms with Crippen LogP contribution in [0.5, 0.6) is 11.5 Å². The van der Waals surface area contributed by atoms with E-state index in [4.69, 9.17) is 20.2 Å². The van der Waals surface area contributed by atoms with E-state index in [1.165, 1.54) is 43.5 Å². The van der Waals surface area contributed by atoms with Gasteiger partial charge in [-0.05, 0) is 74.2 Å². The summed E-state index contributed by atoms with van der Waals surface area (Å²) in [5, 5.41) is 15.3. The lowest BCUT2D eigenvalue weighted by Crippen LogP contribution is -2.46. The van der Waals surface area contributed by atoms with Crippen LogP contribution in [0.25, 0.3) is 22.2 Å². The van der Waals surface area contributed by atoms with Crippen molar-refractivity contribution < 1.29 is 41.7 Å². The van der Waals surface area contributed by atoms with Gasteiger partial charge in [0.1, 0.15) is 46.1 Å². The number of ether oxygens (including phenoxy) is 2. The van der Waals surface area contributed by atoms with Gasteiger partial charge in [-0.3, -0.25) is 14.6 Å². The number of alkyl halides is 3. The van der Waals surface area contributed by atoms with E-state index < -0.39 is 40.4 Å². The van der Waals surface area contributed by atoms with Crippen molar-refractivity contribution >= 4 is 22.7 Å². The van der Waals surface area contributed by atoms with Crippen molar-refractivity contribution in [3.8, 4) is 22.8 Å². The normalized spacial score (nSPS) is 19.2. The molecule has 2 aliphatic rings. The molecule has 0 saturated heterocycles. The average Bonchev–Trinajstić information content (AvgIpc) is 3.72. The topological polar surface area (TPSA) is 137 Å². The molecule has 1 aliphatic heterocycles. The van der Waals surface area contributed by atoms with Crippen LogP contribution in [0.3, 0.4) is 0 Å². The Morgan fingerprint density at radius 3 is 2.47 bits per heavy atom. The number of primary amides is 1. The smallest absolute Gasteiger partial charge is 0.417 e. The number of rotatable bonds is 8. The van der Waals surface area contributed by atoms with Gasteiger partial charge in [0.05, 0.1) is 24.9 Å². The number of pyridine rings is 2. The van der Waals surface area contributed by atoms with E-state index in [1.54, 1.807) is 13.0 Å². The van der Waals surface area contributed by atoms with Crippen molar-refractivity contribution in [2.24, 2.45) is 11.7 Å². The van der Waals surface area contributed by atoms with Crippen LogP contribution < -0.4 is 20.5 Å². The van der Waals surface area contributed by atoms with Gasteiger partial charge in [-0.15, -0.1) is 0 Å². The van der Waals surface area contributed by atoms with E-state index in [-0.39, 0.29) is 58.4 Å². The van der Waals surface area contributed by atoms with Gasteiger partial charge in [0.15, 0.2) is 0 Å². The van der Waals surface area contributed by atoms with Crippen LogP contribution in [0.1, 0.15) is 59.8 Å². The zero-order chi connectivity index (χ0) is 33.7.